The monoisotopic (exact) mass is 882 g/mol. The summed E-state index contributed by atoms with van der Waals surface area (Å²) in [7, 11) is 0. The van der Waals surface area contributed by atoms with E-state index in [0.29, 0.717) is 34.9 Å². The van der Waals surface area contributed by atoms with Crippen molar-refractivity contribution in [1.82, 2.24) is 29.9 Å². The van der Waals surface area contributed by atoms with Crippen molar-refractivity contribution < 1.29 is 0 Å². The Morgan fingerprint density at radius 3 is 0.884 bits per heavy atom. The van der Waals surface area contributed by atoms with E-state index in [2.05, 4.69) is 174 Å². The predicted octanol–water partition coefficient (Wildman–Crippen LogP) is 12.1. The summed E-state index contributed by atoms with van der Waals surface area (Å²) >= 11 is 0. The van der Waals surface area contributed by atoms with Gasteiger partial charge in [0.1, 0.15) is 0 Å². The van der Waals surface area contributed by atoms with Crippen molar-refractivity contribution in [3.63, 3.8) is 0 Å². The van der Waals surface area contributed by atoms with Crippen LogP contribution in [0, 0.1) is 0 Å². The smallest absolute Gasteiger partial charge is 0.252 e. The minimum Gasteiger partial charge on any atom is -0.311 e. The molecular weight excluding hydrogens is 844 g/mol. The number of para-hydroxylation sites is 4. The zero-order valence-electron chi connectivity index (χ0n) is 37.2. The molecule has 0 radical (unpaired) electrons. The minimum atomic E-state index is -0.214. The highest BCUT2D eigenvalue weighted by atomic mass is 15.2. The lowest BCUT2D eigenvalue weighted by Gasteiger charge is -2.45. The van der Waals surface area contributed by atoms with Crippen LogP contribution in [0.2, 0.25) is 0 Å². The van der Waals surface area contributed by atoms with Crippen LogP contribution in [0.1, 0.15) is 0 Å². The van der Waals surface area contributed by atoms with E-state index >= 15 is 0 Å². The molecule has 0 N–H and O–H groups in total. The standard InChI is InChI=1S/C60H39BN8/c1-7-23-40(24-8-1)55-62-56(41-25-9-2-10-26-41)65-59(64-55)46-39-47(60-66-57(42-27-11-3-12-28-42)63-58(67-60)43-29-13-4-14-30-43)54-52-53(46)68(44-31-15-5-16-32-44)50-37-21-19-35-48(50)61(52)49-36-20-22-38-51(49)69(54)45-33-17-6-18-34-45/h1-39H. The van der Waals surface area contributed by atoms with E-state index in [-0.39, 0.29) is 6.71 Å². The maximum atomic E-state index is 5.46. The van der Waals surface area contributed by atoms with Crippen molar-refractivity contribution in [2.75, 3.05) is 9.80 Å². The molecule has 0 unspecified atom stereocenters. The fourth-order valence-corrected chi connectivity index (χ4v) is 9.92. The lowest BCUT2D eigenvalue weighted by molar-refractivity contribution is 1.06. The maximum Gasteiger partial charge on any atom is 0.252 e. The van der Waals surface area contributed by atoms with Gasteiger partial charge in [-0.15, -0.1) is 0 Å². The minimum absolute atomic E-state index is 0.214. The zero-order chi connectivity index (χ0) is 45.7. The summed E-state index contributed by atoms with van der Waals surface area (Å²) in [5, 5.41) is 0. The summed E-state index contributed by atoms with van der Waals surface area (Å²) in [4.78, 5) is 37.0. The van der Waals surface area contributed by atoms with E-state index in [1.165, 1.54) is 10.9 Å². The number of nitrogens with zero attached hydrogens (tertiary/aromatic N) is 8. The quantitative estimate of drug-likeness (QED) is 0.140. The highest BCUT2D eigenvalue weighted by Gasteiger charge is 2.46. The molecule has 0 aliphatic carbocycles. The Labute approximate surface area is 400 Å². The Bertz CT molecular complexity index is 3320. The van der Waals surface area contributed by atoms with Crippen LogP contribution in [0.15, 0.2) is 237 Å². The molecule has 8 nitrogen and oxygen atoms in total. The van der Waals surface area contributed by atoms with E-state index in [9.17, 15) is 0 Å². The molecule has 2 aromatic heterocycles. The van der Waals surface area contributed by atoms with Gasteiger partial charge in [0.15, 0.2) is 34.9 Å². The summed E-state index contributed by atoms with van der Waals surface area (Å²) in [5.41, 5.74) is 14.7. The van der Waals surface area contributed by atoms with Gasteiger partial charge in [0.05, 0.1) is 11.4 Å². The van der Waals surface area contributed by atoms with Crippen LogP contribution in [0.4, 0.5) is 34.1 Å². The number of rotatable bonds is 8. The van der Waals surface area contributed by atoms with Gasteiger partial charge in [0.2, 0.25) is 0 Å². The third-order valence-corrected chi connectivity index (χ3v) is 12.9. The van der Waals surface area contributed by atoms with Gasteiger partial charge in [-0.1, -0.05) is 194 Å². The summed E-state index contributed by atoms with van der Waals surface area (Å²) < 4.78 is 0. The van der Waals surface area contributed by atoms with Crippen LogP contribution >= 0.6 is 0 Å². The summed E-state index contributed by atoms with van der Waals surface area (Å²) in [5.74, 6) is 3.31. The van der Waals surface area contributed by atoms with Crippen LogP contribution in [-0.2, 0) is 0 Å². The Morgan fingerprint density at radius 1 is 0.275 bits per heavy atom. The summed E-state index contributed by atoms with van der Waals surface area (Å²) in [6.07, 6.45) is 0. The van der Waals surface area contributed by atoms with Crippen molar-refractivity contribution in [3.05, 3.63) is 237 Å². The fraction of sp³-hybridized carbons (Fsp3) is 0. The van der Waals surface area contributed by atoms with Crippen molar-refractivity contribution in [1.29, 1.82) is 0 Å². The van der Waals surface area contributed by atoms with E-state index in [0.717, 1.165) is 73.0 Å². The number of benzene rings is 9. The number of fused-ring (bicyclic) bond motifs is 4. The van der Waals surface area contributed by atoms with Gasteiger partial charge in [0, 0.05) is 56.1 Å². The van der Waals surface area contributed by atoms with Crippen molar-refractivity contribution in [2.24, 2.45) is 0 Å². The Morgan fingerprint density at radius 2 is 0.551 bits per heavy atom. The Hall–Kier alpha value is -9.34. The van der Waals surface area contributed by atoms with Gasteiger partial charge in [-0.25, -0.2) is 29.9 Å². The predicted molar refractivity (Wildman–Crippen MR) is 280 cm³/mol. The van der Waals surface area contributed by atoms with Crippen LogP contribution in [0.5, 0.6) is 0 Å². The average molecular weight is 883 g/mol. The van der Waals surface area contributed by atoms with E-state index in [4.69, 9.17) is 29.9 Å². The molecule has 9 heteroatoms. The molecule has 0 saturated carbocycles. The highest BCUT2D eigenvalue weighted by Crippen LogP contribution is 2.51. The van der Waals surface area contributed by atoms with Crippen LogP contribution in [-0.4, -0.2) is 36.6 Å². The number of hydrogen-bond donors (Lipinski definition) is 0. The second-order valence-corrected chi connectivity index (χ2v) is 17.1. The molecule has 13 rings (SSSR count). The van der Waals surface area contributed by atoms with Crippen molar-refractivity contribution in [2.45, 2.75) is 0 Å². The first kappa shape index (κ1) is 40.0. The number of anilines is 6. The van der Waals surface area contributed by atoms with Crippen LogP contribution in [0.3, 0.4) is 0 Å². The molecule has 0 fully saturated rings. The largest absolute Gasteiger partial charge is 0.311 e. The second kappa shape index (κ2) is 16.8. The van der Waals surface area contributed by atoms with Crippen LogP contribution < -0.4 is 26.2 Å². The third kappa shape index (κ3) is 6.95. The first-order chi connectivity index (χ1) is 34.2. The molecule has 69 heavy (non-hydrogen) atoms. The lowest BCUT2D eigenvalue weighted by atomic mass is 9.33. The van der Waals surface area contributed by atoms with Gasteiger partial charge < -0.3 is 9.80 Å². The van der Waals surface area contributed by atoms with E-state index < -0.39 is 0 Å². The van der Waals surface area contributed by atoms with Crippen molar-refractivity contribution in [3.8, 4) is 68.3 Å². The fourth-order valence-electron chi connectivity index (χ4n) is 9.92. The molecule has 4 heterocycles. The normalized spacial score (nSPS) is 12.3. The van der Waals surface area contributed by atoms with Gasteiger partial charge in [-0.3, -0.25) is 0 Å². The first-order valence-corrected chi connectivity index (χ1v) is 23.1. The topological polar surface area (TPSA) is 83.8 Å². The summed E-state index contributed by atoms with van der Waals surface area (Å²) in [6.45, 7) is -0.214. The molecule has 0 bridgehead atoms. The summed E-state index contributed by atoms with van der Waals surface area (Å²) in [6, 6.07) is 81.6. The molecule has 2 aliphatic rings. The van der Waals surface area contributed by atoms with Gasteiger partial charge >= 0.3 is 0 Å². The molecule has 0 saturated heterocycles. The molecule has 9 aromatic carbocycles. The van der Waals surface area contributed by atoms with Gasteiger partial charge in [-0.05, 0) is 58.9 Å². The van der Waals surface area contributed by atoms with Crippen LogP contribution in [0.25, 0.3) is 68.3 Å². The maximum absolute atomic E-state index is 5.46. The SMILES string of the molecule is c1ccc(-c2nc(-c3ccccc3)nc(-c3cc(-c4nc(-c5ccccc5)nc(-c5ccccc5)n4)c4c5c3N(c3ccccc3)c3ccccc3B5c3ccccc3N4c3ccccc3)n2)cc1. The van der Waals surface area contributed by atoms with E-state index in [1.807, 2.05) is 72.8 Å². The molecule has 11 aromatic rings. The molecule has 0 amide bonds. The molecular formula is C60H39BN8. The second-order valence-electron chi connectivity index (χ2n) is 17.1. The Kier molecular flexibility index (Phi) is 9.75. The lowest BCUT2D eigenvalue weighted by Crippen LogP contribution is -2.61. The number of aromatic nitrogens is 6. The molecule has 0 atom stereocenters. The van der Waals surface area contributed by atoms with E-state index in [1.54, 1.807) is 0 Å². The number of hydrogen-bond acceptors (Lipinski definition) is 8. The Balaban J connectivity index is 1.23. The third-order valence-electron chi connectivity index (χ3n) is 12.9. The van der Waals surface area contributed by atoms with Gasteiger partial charge in [0.25, 0.3) is 6.71 Å². The zero-order valence-corrected chi connectivity index (χ0v) is 37.2. The van der Waals surface area contributed by atoms with Crippen molar-refractivity contribution >= 4 is 57.2 Å². The molecule has 0 spiro atoms. The first-order valence-electron chi connectivity index (χ1n) is 23.1. The molecule has 322 valence electrons. The van der Waals surface area contributed by atoms with Gasteiger partial charge in [-0.2, -0.15) is 0 Å². The average Bonchev–Trinajstić information content (AvgIpc) is 3.44. The molecule has 2 aliphatic heterocycles. The highest BCUT2D eigenvalue weighted by molar-refractivity contribution is 7.00.